The molecule has 3 heteroatoms. The minimum absolute atomic E-state index is 0.126. The van der Waals surface area contributed by atoms with Crippen LogP contribution in [0.2, 0.25) is 0 Å². The molecule has 2 bridgehead atoms. The van der Waals surface area contributed by atoms with Gasteiger partial charge >= 0.3 is 0 Å². The summed E-state index contributed by atoms with van der Waals surface area (Å²) < 4.78 is 0. The molecule has 0 N–H and O–H groups in total. The Labute approximate surface area is 134 Å². The van der Waals surface area contributed by atoms with Gasteiger partial charge in [0.1, 0.15) is 5.92 Å². The average Bonchev–Trinajstić information content (AvgIpc) is 2.93. The van der Waals surface area contributed by atoms with Crippen LogP contribution in [0.15, 0.2) is 24.3 Å². The van der Waals surface area contributed by atoms with E-state index in [1.54, 1.807) is 0 Å². The third-order valence-electron chi connectivity index (χ3n) is 4.98. The molecule has 3 atom stereocenters. The molecule has 0 saturated heterocycles. The zero-order chi connectivity index (χ0) is 15.0. The van der Waals surface area contributed by atoms with Gasteiger partial charge in [-0.2, -0.15) is 0 Å². The Morgan fingerprint density at radius 3 is 2.19 bits per heavy atom. The van der Waals surface area contributed by atoms with E-state index in [0.717, 1.165) is 37.7 Å². The van der Waals surface area contributed by atoms with Crippen molar-refractivity contribution in [1.82, 2.24) is 0 Å². The standard InChI is InChI=1S/C18H21BrO2/c1-2-3-15(19)11-4-6-12(7-5-11)16-17(20)13-8-9-14(10-13)18(16)21/h4-7,13-16H,2-3,8-10H2,1H3. The van der Waals surface area contributed by atoms with Crippen LogP contribution in [0.3, 0.4) is 0 Å². The molecule has 0 aliphatic heterocycles. The van der Waals surface area contributed by atoms with E-state index in [1.807, 2.05) is 12.1 Å². The lowest BCUT2D eigenvalue weighted by Crippen LogP contribution is -2.34. The molecule has 21 heavy (non-hydrogen) atoms. The van der Waals surface area contributed by atoms with Gasteiger partial charge < -0.3 is 0 Å². The van der Waals surface area contributed by atoms with Crippen LogP contribution in [0.4, 0.5) is 0 Å². The molecule has 112 valence electrons. The van der Waals surface area contributed by atoms with Crippen LogP contribution in [0.1, 0.15) is 60.9 Å². The van der Waals surface area contributed by atoms with Gasteiger partial charge in [-0.15, -0.1) is 0 Å². The molecule has 0 aromatic heterocycles. The molecule has 0 spiro atoms. The van der Waals surface area contributed by atoms with Crippen LogP contribution >= 0.6 is 15.9 Å². The number of rotatable bonds is 4. The first-order chi connectivity index (χ1) is 10.1. The number of benzene rings is 1. The van der Waals surface area contributed by atoms with E-state index >= 15 is 0 Å². The van der Waals surface area contributed by atoms with Crippen LogP contribution in [-0.2, 0) is 9.59 Å². The number of Topliss-reactive ketones (excluding diaryl/α,β-unsaturated/α-hetero) is 2. The highest BCUT2D eigenvalue weighted by Crippen LogP contribution is 2.44. The first-order valence-corrected chi connectivity index (χ1v) is 8.84. The van der Waals surface area contributed by atoms with Gasteiger partial charge in [0.25, 0.3) is 0 Å². The van der Waals surface area contributed by atoms with E-state index in [4.69, 9.17) is 0 Å². The number of ketones is 2. The predicted molar refractivity (Wildman–Crippen MR) is 86.6 cm³/mol. The fraction of sp³-hybridized carbons (Fsp3) is 0.556. The zero-order valence-corrected chi connectivity index (χ0v) is 13.9. The summed E-state index contributed by atoms with van der Waals surface area (Å²) >= 11 is 3.69. The largest absolute Gasteiger partial charge is 0.298 e. The lowest BCUT2D eigenvalue weighted by Gasteiger charge is -2.25. The van der Waals surface area contributed by atoms with Crippen LogP contribution < -0.4 is 0 Å². The molecule has 0 heterocycles. The fourth-order valence-corrected chi connectivity index (χ4v) is 4.52. The Balaban J connectivity index is 1.83. The summed E-state index contributed by atoms with van der Waals surface area (Å²) in [5.74, 6) is 0.0731. The number of hydrogen-bond acceptors (Lipinski definition) is 2. The molecular weight excluding hydrogens is 328 g/mol. The van der Waals surface area contributed by atoms with Crippen molar-refractivity contribution in [3.05, 3.63) is 35.4 Å². The van der Waals surface area contributed by atoms with Gasteiger partial charge in [-0.1, -0.05) is 53.5 Å². The summed E-state index contributed by atoms with van der Waals surface area (Å²) in [6.07, 6.45) is 4.82. The van der Waals surface area contributed by atoms with E-state index < -0.39 is 5.92 Å². The topological polar surface area (TPSA) is 34.1 Å². The summed E-state index contributed by atoms with van der Waals surface area (Å²) in [7, 11) is 0. The maximum atomic E-state index is 12.5. The van der Waals surface area contributed by atoms with E-state index in [9.17, 15) is 9.59 Å². The number of halogens is 1. The quantitative estimate of drug-likeness (QED) is 0.589. The molecule has 0 amide bonds. The van der Waals surface area contributed by atoms with Crippen LogP contribution in [-0.4, -0.2) is 11.6 Å². The molecular formula is C18H21BrO2. The van der Waals surface area contributed by atoms with E-state index in [2.05, 4.69) is 35.0 Å². The third-order valence-corrected chi connectivity index (χ3v) is 5.97. The highest BCUT2D eigenvalue weighted by molar-refractivity contribution is 9.09. The second-order valence-electron chi connectivity index (χ2n) is 6.37. The van der Waals surface area contributed by atoms with Gasteiger partial charge in [0.2, 0.25) is 0 Å². The highest BCUT2D eigenvalue weighted by atomic mass is 79.9. The normalized spacial score (nSPS) is 29.7. The van der Waals surface area contributed by atoms with Crippen molar-refractivity contribution in [3.63, 3.8) is 0 Å². The van der Waals surface area contributed by atoms with Gasteiger partial charge in [0.05, 0.1) is 0 Å². The summed E-state index contributed by atoms with van der Waals surface area (Å²) in [5, 5.41) is 0. The van der Waals surface area contributed by atoms with Gasteiger partial charge in [-0.05, 0) is 36.8 Å². The predicted octanol–water partition coefficient (Wildman–Crippen LogP) is 4.57. The second kappa shape index (κ2) is 6.04. The fourth-order valence-electron chi connectivity index (χ4n) is 3.76. The van der Waals surface area contributed by atoms with Crippen molar-refractivity contribution in [1.29, 1.82) is 0 Å². The SMILES string of the molecule is CCCC(Br)c1ccc(C2C(=O)C3CCC(C3)C2=O)cc1. The Morgan fingerprint density at radius 1 is 1.10 bits per heavy atom. The van der Waals surface area contributed by atoms with Crippen molar-refractivity contribution >= 4 is 27.5 Å². The average molecular weight is 349 g/mol. The van der Waals surface area contributed by atoms with Crippen molar-refractivity contribution in [2.45, 2.75) is 49.8 Å². The summed E-state index contributed by atoms with van der Waals surface area (Å²) in [5.41, 5.74) is 2.11. The molecule has 2 aliphatic carbocycles. The number of hydrogen-bond donors (Lipinski definition) is 0. The Morgan fingerprint density at radius 2 is 1.67 bits per heavy atom. The number of alkyl halides is 1. The number of carbonyl (C=O) groups is 2. The minimum atomic E-state index is -0.495. The van der Waals surface area contributed by atoms with Crippen molar-refractivity contribution in [3.8, 4) is 0 Å². The first kappa shape index (κ1) is 15.0. The zero-order valence-electron chi connectivity index (χ0n) is 12.3. The van der Waals surface area contributed by atoms with E-state index in [1.165, 1.54) is 5.56 Å². The van der Waals surface area contributed by atoms with Gasteiger partial charge in [0, 0.05) is 16.7 Å². The minimum Gasteiger partial charge on any atom is -0.298 e. The Hall–Kier alpha value is -0.960. The molecule has 1 aromatic rings. The molecule has 3 unspecified atom stereocenters. The van der Waals surface area contributed by atoms with Crippen molar-refractivity contribution in [2.75, 3.05) is 0 Å². The smallest absolute Gasteiger partial charge is 0.150 e. The van der Waals surface area contributed by atoms with Gasteiger partial charge in [-0.25, -0.2) is 0 Å². The maximum absolute atomic E-state index is 12.5. The van der Waals surface area contributed by atoms with Crippen molar-refractivity contribution in [2.24, 2.45) is 11.8 Å². The Kier molecular flexibility index (Phi) is 4.30. The lowest BCUT2D eigenvalue weighted by atomic mass is 9.75. The third kappa shape index (κ3) is 2.73. The monoisotopic (exact) mass is 348 g/mol. The summed E-state index contributed by atoms with van der Waals surface area (Å²) in [4.78, 5) is 25.3. The lowest BCUT2D eigenvalue weighted by molar-refractivity contribution is -0.135. The van der Waals surface area contributed by atoms with E-state index in [0.29, 0.717) is 4.83 Å². The molecule has 2 nitrogen and oxygen atoms in total. The first-order valence-electron chi connectivity index (χ1n) is 7.93. The molecule has 1 aromatic carbocycles. The van der Waals surface area contributed by atoms with Crippen LogP contribution in [0.25, 0.3) is 0 Å². The Bertz CT molecular complexity index is 527. The van der Waals surface area contributed by atoms with Gasteiger partial charge in [-0.3, -0.25) is 9.59 Å². The second-order valence-corrected chi connectivity index (χ2v) is 7.47. The number of fused-ring (bicyclic) bond motifs is 2. The summed E-state index contributed by atoms with van der Waals surface area (Å²) in [6.45, 7) is 2.16. The van der Waals surface area contributed by atoms with Crippen molar-refractivity contribution < 1.29 is 9.59 Å². The molecule has 2 saturated carbocycles. The van der Waals surface area contributed by atoms with Gasteiger partial charge in [0.15, 0.2) is 11.6 Å². The number of carbonyl (C=O) groups excluding carboxylic acids is 2. The maximum Gasteiger partial charge on any atom is 0.150 e. The van der Waals surface area contributed by atoms with Crippen LogP contribution in [0.5, 0.6) is 0 Å². The summed E-state index contributed by atoms with van der Waals surface area (Å²) in [6, 6.07) is 8.07. The molecule has 3 rings (SSSR count). The van der Waals surface area contributed by atoms with E-state index in [-0.39, 0.29) is 23.4 Å². The highest BCUT2D eigenvalue weighted by Gasteiger charge is 2.47. The molecule has 2 aliphatic rings. The molecule has 2 fully saturated rings. The molecule has 0 radical (unpaired) electrons. The van der Waals surface area contributed by atoms with Crippen LogP contribution in [0, 0.1) is 11.8 Å².